The highest BCUT2D eigenvalue weighted by atomic mass is 35.5. The van der Waals surface area contributed by atoms with Crippen LogP contribution in [0.4, 0.5) is 0 Å². The first kappa shape index (κ1) is 16.9. The zero-order chi connectivity index (χ0) is 15.9. The van der Waals surface area contributed by atoms with Crippen LogP contribution >= 0.6 is 23.4 Å². The van der Waals surface area contributed by atoms with Gasteiger partial charge in [0, 0.05) is 10.8 Å². The van der Waals surface area contributed by atoms with Gasteiger partial charge in [0.05, 0.1) is 11.8 Å². The molecular formula is C18H20ClNOS. The smallest absolute Gasteiger partial charge is 0.230 e. The van der Waals surface area contributed by atoms with Crippen molar-refractivity contribution < 1.29 is 4.79 Å². The summed E-state index contributed by atoms with van der Waals surface area (Å²) in [4.78, 5) is 12.0. The average molecular weight is 334 g/mol. The Balaban J connectivity index is 1.75. The summed E-state index contributed by atoms with van der Waals surface area (Å²) in [7, 11) is 0. The molecule has 0 aliphatic heterocycles. The summed E-state index contributed by atoms with van der Waals surface area (Å²) in [6.07, 6.45) is 0. The molecule has 2 rings (SSSR count). The van der Waals surface area contributed by atoms with Crippen LogP contribution in [0.15, 0.2) is 48.5 Å². The van der Waals surface area contributed by atoms with Crippen LogP contribution in [0.25, 0.3) is 0 Å². The van der Waals surface area contributed by atoms with Crippen LogP contribution in [0.2, 0.25) is 5.02 Å². The van der Waals surface area contributed by atoms with Gasteiger partial charge in [-0.3, -0.25) is 4.79 Å². The number of nitrogens with one attached hydrogen (secondary N) is 1. The summed E-state index contributed by atoms with van der Waals surface area (Å²) >= 11 is 7.46. The van der Waals surface area contributed by atoms with E-state index in [-0.39, 0.29) is 11.9 Å². The van der Waals surface area contributed by atoms with Crippen LogP contribution in [-0.4, -0.2) is 11.7 Å². The highest BCUT2D eigenvalue weighted by molar-refractivity contribution is 7.99. The van der Waals surface area contributed by atoms with E-state index in [1.807, 2.05) is 31.2 Å². The number of aryl methyl sites for hydroxylation is 1. The molecule has 116 valence electrons. The quantitative estimate of drug-likeness (QED) is 0.825. The fourth-order valence-electron chi connectivity index (χ4n) is 2.06. The van der Waals surface area contributed by atoms with Gasteiger partial charge in [-0.1, -0.05) is 53.6 Å². The minimum atomic E-state index is 0.0317. The van der Waals surface area contributed by atoms with E-state index in [0.717, 1.165) is 16.3 Å². The lowest BCUT2D eigenvalue weighted by Crippen LogP contribution is -2.28. The van der Waals surface area contributed by atoms with Gasteiger partial charge >= 0.3 is 0 Å². The van der Waals surface area contributed by atoms with Crippen molar-refractivity contribution in [2.24, 2.45) is 0 Å². The van der Waals surface area contributed by atoms with Gasteiger partial charge in [0.2, 0.25) is 5.91 Å². The summed E-state index contributed by atoms with van der Waals surface area (Å²) in [6, 6.07) is 16.0. The molecule has 0 unspecified atom stereocenters. The number of thioether (sulfide) groups is 1. The maximum absolute atomic E-state index is 12.0. The normalized spacial score (nSPS) is 12.0. The Kier molecular flexibility index (Phi) is 6.34. The standard InChI is InChI=1S/C18H20ClNOS/c1-13-3-7-16(8-4-13)14(2)20-18(21)12-22-11-15-5-9-17(19)10-6-15/h3-10,14H,11-12H2,1-2H3,(H,20,21)/t14-/m0/s1. The van der Waals surface area contributed by atoms with Crippen molar-refractivity contribution in [2.45, 2.75) is 25.6 Å². The molecule has 2 nitrogen and oxygen atoms in total. The van der Waals surface area contributed by atoms with Crippen molar-refractivity contribution >= 4 is 29.3 Å². The van der Waals surface area contributed by atoms with Gasteiger partial charge in [-0.2, -0.15) is 0 Å². The third-order valence-electron chi connectivity index (χ3n) is 3.37. The van der Waals surface area contributed by atoms with Crippen LogP contribution in [0.1, 0.15) is 29.7 Å². The number of amides is 1. The number of carbonyl (C=O) groups is 1. The molecule has 4 heteroatoms. The molecule has 0 spiro atoms. The average Bonchev–Trinajstić information content (AvgIpc) is 2.50. The zero-order valence-electron chi connectivity index (χ0n) is 12.8. The van der Waals surface area contributed by atoms with E-state index in [0.29, 0.717) is 5.75 Å². The lowest BCUT2D eigenvalue weighted by atomic mass is 10.1. The second-order valence-electron chi connectivity index (χ2n) is 5.32. The first-order chi connectivity index (χ1) is 10.5. The lowest BCUT2D eigenvalue weighted by molar-refractivity contribution is -0.119. The first-order valence-corrected chi connectivity index (χ1v) is 8.76. The van der Waals surface area contributed by atoms with Crippen LogP contribution in [0.3, 0.4) is 0 Å². The van der Waals surface area contributed by atoms with E-state index >= 15 is 0 Å². The highest BCUT2D eigenvalue weighted by Crippen LogP contribution is 2.16. The second kappa shape index (κ2) is 8.25. The molecule has 0 saturated carbocycles. The van der Waals surface area contributed by atoms with E-state index < -0.39 is 0 Å². The number of rotatable bonds is 6. The summed E-state index contributed by atoms with van der Waals surface area (Å²) in [5.41, 5.74) is 3.52. The zero-order valence-corrected chi connectivity index (χ0v) is 14.4. The van der Waals surface area contributed by atoms with Crippen LogP contribution in [0.5, 0.6) is 0 Å². The molecule has 2 aromatic rings. The van der Waals surface area contributed by atoms with Gasteiger partial charge in [-0.05, 0) is 37.1 Å². The predicted octanol–water partition coefficient (Wildman–Crippen LogP) is 4.76. The van der Waals surface area contributed by atoms with Gasteiger partial charge in [-0.15, -0.1) is 11.8 Å². The SMILES string of the molecule is Cc1ccc([C@H](C)NC(=O)CSCc2ccc(Cl)cc2)cc1. The summed E-state index contributed by atoms with van der Waals surface area (Å²) in [5.74, 6) is 1.33. The molecule has 0 bridgehead atoms. The Morgan fingerprint density at radius 1 is 1.14 bits per heavy atom. The van der Waals surface area contributed by atoms with E-state index in [4.69, 9.17) is 11.6 Å². The number of carbonyl (C=O) groups excluding carboxylic acids is 1. The molecule has 0 aromatic heterocycles. The molecule has 0 aliphatic rings. The monoisotopic (exact) mass is 333 g/mol. The summed E-state index contributed by atoms with van der Waals surface area (Å²) in [5, 5.41) is 3.76. The minimum absolute atomic E-state index is 0.0317. The Morgan fingerprint density at radius 2 is 1.77 bits per heavy atom. The number of hydrogen-bond acceptors (Lipinski definition) is 2. The third kappa shape index (κ3) is 5.39. The minimum Gasteiger partial charge on any atom is -0.349 e. The molecule has 0 saturated heterocycles. The van der Waals surface area contributed by atoms with Gasteiger partial charge in [0.25, 0.3) is 0 Å². The van der Waals surface area contributed by atoms with Crippen LogP contribution in [-0.2, 0) is 10.5 Å². The Morgan fingerprint density at radius 3 is 2.41 bits per heavy atom. The van der Waals surface area contributed by atoms with Gasteiger partial charge in [-0.25, -0.2) is 0 Å². The van der Waals surface area contributed by atoms with Gasteiger partial charge in [0.15, 0.2) is 0 Å². The maximum atomic E-state index is 12.0. The molecule has 1 amide bonds. The Labute approximate surface area is 141 Å². The predicted molar refractivity (Wildman–Crippen MR) is 95.4 cm³/mol. The number of benzene rings is 2. The van der Waals surface area contributed by atoms with Crippen molar-refractivity contribution in [1.82, 2.24) is 5.32 Å². The first-order valence-electron chi connectivity index (χ1n) is 7.22. The van der Waals surface area contributed by atoms with E-state index in [1.165, 1.54) is 11.1 Å². The van der Waals surface area contributed by atoms with Crippen molar-refractivity contribution in [1.29, 1.82) is 0 Å². The maximum Gasteiger partial charge on any atom is 0.230 e. The molecule has 0 radical (unpaired) electrons. The second-order valence-corrected chi connectivity index (χ2v) is 6.74. The van der Waals surface area contributed by atoms with Crippen LogP contribution in [0, 0.1) is 6.92 Å². The van der Waals surface area contributed by atoms with Crippen molar-refractivity contribution in [3.05, 3.63) is 70.2 Å². The van der Waals surface area contributed by atoms with E-state index in [1.54, 1.807) is 11.8 Å². The third-order valence-corrected chi connectivity index (χ3v) is 4.63. The molecule has 22 heavy (non-hydrogen) atoms. The summed E-state index contributed by atoms with van der Waals surface area (Å²) in [6.45, 7) is 4.06. The van der Waals surface area contributed by atoms with Gasteiger partial charge < -0.3 is 5.32 Å². The molecule has 0 aliphatic carbocycles. The molecule has 0 fully saturated rings. The van der Waals surface area contributed by atoms with E-state index in [2.05, 4.69) is 36.5 Å². The molecule has 1 N–H and O–H groups in total. The molecular weight excluding hydrogens is 314 g/mol. The molecule has 2 aromatic carbocycles. The highest BCUT2D eigenvalue weighted by Gasteiger charge is 2.09. The Bertz CT molecular complexity index is 610. The largest absolute Gasteiger partial charge is 0.349 e. The van der Waals surface area contributed by atoms with Gasteiger partial charge in [0.1, 0.15) is 0 Å². The number of hydrogen-bond donors (Lipinski definition) is 1. The molecule has 0 heterocycles. The topological polar surface area (TPSA) is 29.1 Å². The fourth-order valence-corrected chi connectivity index (χ4v) is 2.99. The molecule has 1 atom stereocenters. The van der Waals surface area contributed by atoms with Crippen molar-refractivity contribution in [3.8, 4) is 0 Å². The summed E-state index contributed by atoms with van der Waals surface area (Å²) < 4.78 is 0. The van der Waals surface area contributed by atoms with Crippen molar-refractivity contribution in [2.75, 3.05) is 5.75 Å². The van der Waals surface area contributed by atoms with Crippen molar-refractivity contribution in [3.63, 3.8) is 0 Å². The Hall–Kier alpha value is -1.45. The van der Waals surface area contributed by atoms with Crippen LogP contribution < -0.4 is 5.32 Å². The van der Waals surface area contributed by atoms with E-state index in [9.17, 15) is 4.79 Å². The lowest BCUT2D eigenvalue weighted by Gasteiger charge is -2.14. The fraction of sp³-hybridized carbons (Fsp3) is 0.278. The number of halogens is 1.